The SMILES string of the molecule is Cc1cc(C)c2c(-n3cccc3)c(C(=O)NCc3cccc(Cl)c3)sc2n1. The zero-order chi connectivity index (χ0) is 19.0. The fraction of sp³-hybridized carbons (Fsp3) is 0.143. The Balaban J connectivity index is 1.75. The number of aromatic nitrogens is 2. The molecule has 0 radical (unpaired) electrons. The highest BCUT2D eigenvalue weighted by Gasteiger charge is 2.22. The molecule has 27 heavy (non-hydrogen) atoms. The zero-order valence-corrected chi connectivity index (χ0v) is 16.6. The summed E-state index contributed by atoms with van der Waals surface area (Å²) in [7, 11) is 0. The summed E-state index contributed by atoms with van der Waals surface area (Å²) in [5.41, 5.74) is 3.91. The van der Waals surface area contributed by atoms with Crippen LogP contribution < -0.4 is 5.32 Å². The molecule has 3 heterocycles. The van der Waals surface area contributed by atoms with Gasteiger partial charge < -0.3 is 9.88 Å². The maximum Gasteiger partial charge on any atom is 0.263 e. The zero-order valence-electron chi connectivity index (χ0n) is 15.0. The molecule has 0 atom stereocenters. The van der Waals surface area contributed by atoms with Crippen molar-refractivity contribution in [2.75, 3.05) is 0 Å². The second kappa shape index (κ2) is 7.18. The average Bonchev–Trinajstić information content (AvgIpc) is 3.26. The monoisotopic (exact) mass is 395 g/mol. The van der Waals surface area contributed by atoms with E-state index in [9.17, 15) is 4.79 Å². The van der Waals surface area contributed by atoms with Crippen molar-refractivity contribution >= 4 is 39.1 Å². The quantitative estimate of drug-likeness (QED) is 0.510. The van der Waals surface area contributed by atoms with Crippen molar-refractivity contribution in [1.29, 1.82) is 0 Å². The Labute approximate surface area is 166 Å². The van der Waals surface area contributed by atoms with Gasteiger partial charge in [0.2, 0.25) is 0 Å². The van der Waals surface area contributed by atoms with E-state index in [0.29, 0.717) is 16.4 Å². The number of carbonyl (C=O) groups excluding carboxylic acids is 1. The van der Waals surface area contributed by atoms with Gasteiger partial charge in [-0.2, -0.15) is 0 Å². The number of nitrogens with one attached hydrogen (secondary N) is 1. The molecule has 0 aliphatic rings. The van der Waals surface area contributed by atoms with Crippen LogP contribution in [0.3, 0.4) is 0 Å². The summed E-state index contributed by atoms with van der Waals surface area (Å²) in [6, 6.07) is 13.5. The summed E-state index contributed by atoms with van der Waals surface area (Å²) in [6.07, 6.45) is 3.91. The number of hydrogen-bond acceptors (Lipinski definition) is 3. The summed E-state index contributed by atoms with van der Waals surface area (Å²) < 4.78 is 1.98. The maximum absolute atomic E-state index is 13.0. The minimum Gasteiger partial charge on any atom is -0.347 e. The van der Waals surface area contributed by atoms with E-state index in [0.717, 1.165) is 32.7 Å². The van der Waals surface area contributed by atoms with E-state index in [1.165, 1.54) is 11.3 Å². The van der Waals surface area contributed by atoms with Crippen LogP contribution >= 0.6 is 22.9 Å². The van der Waals surface area contributed by atoms with Crippen molar-refractivity contribution in [1.82, 2.24) is 14.9 Å². The molecule has 4 nitrogen and oxygen atoms in total. The third kappa shape index (κ3) is 3.48. The average molecular weight is 396 g/mol. The van der Waals surface area contributed by atoms with Gasteiger partial charge in [0.25, 0.3) is 5.91 Å². The van der Waals surface area contributed by atoms with Crippen molar-refractivity contribution in [3.05, 3.63) is 81.6 Å². The highest BCUT2D eigenvalue weighted by molar-refractivity contribution is 7.21. The van der Waals surface area contributed by atoms with Crippen LogP contribution in [0.5, 0.6) is 0 Å². The summed E-state index contributed by atoms with van der Waals surface area (Å²) in [5, 5.41) is 4.69. The van der Waals surface area contributed by atoms with Gasteiger partial charge in [0.1, 0.15) is 9.71 Å². The Morgan fingerprint density at radius 1 is 1.19 bits per heavy atom. The lowest BCUT2D eigenvalue weighted by molar-refractivity contribution is 0.0955. The first-order valence-electron chi connectivity index (χ1n) is 8.59. The lowest BCUT2D eigenvalue weighted by Gasteiger charge is -2.09. The Kier molecular flexibility index (Phi) is 4.72. The molecule has 4 aromatic rings. The standard InChI is InChI=1S/C21H18ClN3OS/c1-13-10-14(2)24-21-17(13)18(25-8-3-4-9-25)19(27-21)20(26)23-12-15-6-5-7-16(22)11-15/h3-11H,12H2,1-2H3,(H,23,26). The number of rotatable bonds is 4. The number of aryl methyl sites for hydroxylation is 2. The fourth-order valence-corrected chi connectivity index (χ4v) is 4.64. The first-order valence-corrected chi connectivity index (χ1v) is 9.79. The number of pyridine rings is 1. The number of fused-ring (bicyclic) bond motifs is 1. The third-order valence-electron chi connectivity index (χ3n) is 4.37. The predicted molar refractivity (Wildman–Crippen MR) is 111 cm³/mol. The number of carbonyl (C=O) groups is 1. The lowest BCUT2D eigenvalue weighted by atomic mass is 10.1. The lowest BCUT2D eigenvalue weighted by Crippen LogP contribution is -2.23. The first-order chi connectivity index (χ1) is 13.0. The molecule has 0 aliphatic carbocycles. The van der Waals surface area contributed by atoms with Gasteiger partial charge in [-0.05, 0) is 55.3 Å². The normalized spacial score (nSPS) is 11.1. The molecule has 4 rings (SSSR count). The van der Waals surface area contributed by atoms with Crippen LogP contribution in [0.4, 0.5) is 0 Å². The molecule has 0 unspecified atom stereocenters. The van der Waals surface area contributed by atoms with Crippen LogP contribution in [0.2, 0.25) is 5.02 Å². The topological polar surface area (TPSA) is 46.9 Å². The fourth-order valence-electron chi connectivity index (χ4n) is 3.22. The largest absolute Gasteiger partial charge is 0.347 e. The van der Waals surface area contributed by atoms with Gasteiger partial charge >= 0.3 is 0 Å². The second-order valence-corrected chi connectivity index (χ2v) is 7.88. The van der Waals surface area contributed by atoms with Crippen molar-refractivity contribution in [2.24, 2.45) is 0 Å². The molecule has 1 aromatic carbocycles. The Bertz CT molecular complexity index is 1130. The summed E-state index contributed by atoms with van der Waals surface area (Å²) >= 11 is 7.46. The van der Waals surface area contributed by atoms with Gasteiger partial charge in [-0.25, -0.2) is 4.98 Å². The summed E-state index contributed by atoms with van der Waals surface area (Å²) in [6.45, 7) is 4.45. The van der Waals surface area contributed by atoms with Crippen molar-refractivity contribution in [2.45, 2.75) is 20.4 Å². The van der Waals surface area contributed by atoms with Crippen molar-refractivity contribution < 1.29 is 4.79 Å². The van der Waals surface area contributed by atoms with Crippen LogP contribution in [0.1, 0.15) is 26.5 Å². The van der Waals surface area contributed by atoms with Gasteiger partial charge in [-0.3, -0.25) is 4.79 Å². The molecule has 136 valence electrons. The number of halogens is 1. The molecule has 1 N–H and O–H groups in total. The predicted octanol–water partition coefficient (Wildman–Crippen LogP) is 5.29. The van der Waals surface area contributed by atoms with Crippen LogP contribution in [0.15, 0.2) is 54.9 Å². The Morgan fingerprint density at radius 3 is 2.70 bits per heavy atom. The van der Waals surface area contributed by atoms with E-state index >= 15 is 0 Å². The smallest absolute Gasteiger partial charge is 0.263 e. The molecule has 6 heteroatoms. The van der Waals surface area contributed by atoms with E-state index in [2.05, 4.69) is 23.3 Å². The molecular weight excluding hydrogens is 378 g/mol. The molecule has 0 saturated carbocycles. The first kappa shape index (κ1) is 17.8. The van der Waals surface area contributed by atoms with E-state index in [-0.39, 0.29) is 5.91 Å². The van der Waals surface area contributed by atoms with Crippen LogP contribution in [-0.2, 0) is 6.54 Å². The van der Waals surface area contributed by atoms with E-state index < -0.39 is 0 Å². The van der Waals surface area contributed by atoms with E-state index in [4.69, 9.17) is 11.6 Å². The van der Waals surface area contributed by atoms with Crippen molar-refractivity contribution in [3.63, 3.8) is 0 Å². The summed E-state index contributed by atoms with van der Waals surface area (Å²) in [4.78, 5) is 19.2. The molecular formula is C21H18ClN3OS. The highest BCUT2D eigenvalue weighted by atomic mass is 35.5. The molecule has 0 spiro atoms. The number of hydrogen-bond donors (Lipinski definition) is 1. The third-order valence-corrected chi connectivity index (χ3v) is 5.68. The van der Waals surface area contributed by atoms with Crippen LogP contribution in [0, 0.1) is 13.8 Å². The molecule has 1 amide bonds. The highest BCUT2D eigenvalue weighted by Crippen LogP contribution is 2.35. The Hall–Kier alpha value is -2.63. The maximum atomic E-state index is 13.0. The minimum absolute atomic E-state index is 0.112. The van der Waals surface area contributed by atoms with Gasteiger partial charge in [0.15, 0.2) is 0 Å². The molecule has 3 aromatic heterocycles. The number of thiophene rings is 1. The number of benzene rings is 1. The van der Waals surface area contributed by atoms with E-state index in [1.807, 2.05) is 60.3 Å². The minimum atomic E-state index is -0.112. The molecule has 0 fully saturated rings. The van der Waals surface area contributed by atoms with Gasteiger partial charge in [-0.15, -0.1) is 11.3 Å². The number of amides is 1. The van der Waals surface area contributed by atoms with E-state index in [1.54, 1.807) is 0 Å². The van der Waals surface area contributed by atoms with Gasteiger partial charge in [0.05, 0.1) is 5.69 Å². The summed E-state index contributed by atoms with van der Waals surface area (Å²) in [5.74, 6) is -0.112. The van der Waals surface area contributed by atoms with Crippen LogP contribution in [0.25, 0.3) is 15.9 Å². The molecule has 0 saturated heterocycles. The Morgan fingerprint density at radius 2 is 1.96 bits per heavy atom. The van der Waals surface area contributed by atoms with Crippen molar-refractivity contribution in [3.8, 4) is 5.69 Å². The molecule has 0 bridgehead atoms. The van der Waals surface area contributed by atoms with Gasteiger partial charge in [-0.1, -0.05) is 23.7 Å². The van der Waals surface area contributed by atoms with Gasteiger partial charge in [0, 0.05) is 35.0 Å². The molecule has 0 aliphatic heterocycles. The second-order valence-electron chi connectivity index (χ2n) is 6.44. The van der Waals surface area contributed by atoms with Crippen LogP contribution in [-0.4, -0.2) is 15.5 Å². The number of nitrogens with zero attached hydrogens (tertiary/aromatic N) is 2.